The number of allylic oxidation sites excluding steroid dienone is 1. The van der Waals surface area contributed by atoms with Crippen molar-refractivity contribution in [2.75, 3.05) is 27.2 Å². The SMILES string of the molecule is CN(C)C(=O)CNC(=NCc1ccc([N+](=O)[O-])cc1)NCCC1=CCCCC1. The van der Waals surface area contributed by atoms with E-state index in [0.29, 0.717) is 12.5 Å². The predicted molar refractivity (Wildman–Crippen MR) is 110 cm³/mol. The minimum Gasteiger partial charge on any atom is -0.356 e. The van der Waals surface area contributed by atoms with E-state index in [0.717, 1.165) is 31.4 Å². The van der Waals surface area contributed by atoms with E-state index in [4.69, 9.17) is 0 Å². The molecule has 0 aromatic heterocycles. The third kappa shape index (κ3) is 7.38. The Morgan fingerprint density at radius 3 is 2.57 bits per heavy atom. The number of rotatable bonds is 8. The lowest BCUT2D eigenvalue weighted by atomic mass is 9.97. The molecule has 152 valence electrons. The summed E-state index contributed by atoms with van der Waals surface area (Å²) in [5, 5.41) is 17.1. The molecule has 2 rings (SSSR count). The number of guanidine groups is 1. The molecular formula is C20H29N5O3. The smallest absolute Gasteiger partial charge is 0.269 e. The quantitative estimate of drug-likeness (QED) is 0.235. The Morgan fingerprint density at radius 1 is 1.21 bits per heavy atom. The van der Waals surface area contributed by atoms with Crippen LogP contribution >= 0.6 is 0 Å². The first-order valence-corrected chi connectivity index (χ1v) is 9.59. The van der Waals surface area contributed by atoms with Crippen LogP contribution in [0, 0.1) is 10.1 Å². The Hall–Kier alpha value is -2.90. The summed E-state index contributed by atoms with van der Waals surface area (Å²) in [7, 11) is 3.42. The molecule has 0 bridgehead atoms. The molecule has 0 unspecified atom stereocenters. The van der Waals surface area contributed by atoms with Gasteiger partial charge in [0.25, 0.3) is 5.69 Å². The highest BCUT2D eigenvalue weighted by Crippen LogP contribution is 2.19. The van der Waals surface area contributed by atoms with Crippen LogP contribution in [0.5, 0.6) is 0 Å². The molecule has 1 amide bonds. The van der Waals surface area contributed by atoms with E-state index in [1.165, 1.54) is 35.4 Å². The number of benzene rings is 1. The fourth-order valence-corrected chi connectivity index (χ4v) is 2.86. The number of nitrogens with one attached hydrogen (secondary N) is 2. The van der Waals surface area contributed by atoms with Crippen LogP contribution in [0.4, 0.5) is 5.69 Å². The number of hydrogen-bond donors (Lipinski definition) is 2. The van der Waals surface area contributed by atoms with Gasteiger partial charge in [0, 0.05) is 32.8 Å². The van der Waals surface area contributed by atoms with Crippen molar-refractivity contribution in [3.63, 3.8) is 0 Å². The molecule has 1 aromatic rings. The molecule has 0 aliphatic heterocycles. The number of carbonyl (C=O) groups excluding carboxylic acids is 1. The fourth-order valence-electron chi connectivity index (χ4n) is 2.86. The lowest BCUT2D eigenvalue weighted by molar-refractivity contribution is -0.384. The van der Waals surface area contributed by atoms with Crippen LogP contribution in [-0.4, -0.2) is 48.9 Å². The zero-order valence-corrected chi connectivity index (χ0v) is 16.6. The first-order chi connectivity index (χ1) is 13.5. The van der Waals surface area contributed by atoms with Gasteiger partial charge in [-0.25, -0.2) is 4.99 Å². The van der Waals surface area contributed by atoms with E-state index in [1.54, 1.807) is 26.2 Å². The summed E-state index contributed by atoms with van der Waals surface area (Å²) in [4.78, 5) is 28.2. The van der Waals surface area contributed by atoms with Crippen molar-refractivity contribution >= 4 is 17.6 Å². The van der Waals surface area contributed by atoms with Gasteiger partial charge in [0.1, 0.15) is 0 Å². The summed E-state index contributed by atoms with van der Waals surface area (Å²) in [5.41, 5.74) is 2.39. The summed E-state index contributed by atoms with van der Waals surface area (Å²) >= 11 is 0. The van der Waals surface area contributed by atoms with E-state index < -0.39 is 4.92 Å². The van der Waals surface area contributed by atoms with Crippen molar-refractivity contribution < 1.29 is 9.72 Å². The van der Waals surface area contributed by atoms with Gasteiger partial charge in [-0.05, 0) is 37.7 Å². The fraction of sp³-hybridized carbons (Fsp3) is 0.500. The molecule has 1 aliphatic rings. The second-order valence-corrected chi connectivity index (χ2v) is 7.02. The molecule has 1 aliphatic carbocycles. The topological polar surface area (TPSA) is 99.9 Å². The number of hydrogen-bond acceptors (Lipinski definition) is 4. The van der Waals surface area contributed by atoms with Crippen molar-refractivity contribution in [1.82, 2.24) is 15.5 Å². The zero-order chi connectivity index (χ0) is 20.4. The number of nitro groups is 1. The molecule has 0 heterocycles. The molecule has 0 spiro atoms. The van der Waals surface area contributed by atoms with Crippen LogP contribution in [0.1, 0.15) is 37.7 Å². The van der Waals surface area contributed by atoms with E-state index in [2.05, 4.69) is 21.7 Å². The number of non-ortho nitro benzene ring substituents is 1. The summed E-state index contributed by atoms with van der Waals surface area (Å²) in [5.74, 6) is 0.518. The van der Waals surface area contributed by atoms with Gasteiger partial charge in [0.2, 0.25) is 5.91 Å². The Kier molecular flexibility index (Phi) is 8.45. The molecule has 0 saturated carbocycles. The zero-order valence-electron chi connectivity index (χ0n) is 16.6. The second-order valence-electron chi connectivity index (χ2n) is 7.02. The second kappa shape index (κ2) is 11.1. The highest BCUT2D eigenvalue weighted by Gasteiger charge is 2.08. The van der Waals surface area contributed by atoms with Gasteiger partial charge in [-0.3, -0.25) is 14.9 Å². The number of nitro benzene ring substituents is 1. The molecule has 2 N–H and O–H groups in total. The highest BCUT2D eigenvalue weighted by molar-refractivity contribution is 5.86. The standard InChI is InChI=1S/C20H29N5O3/c1-24(2)19(26)15-23-20(21-13-12-16-6-4-3-5-7-16)22-14-17-8-10-18(11-9-17)25(27)28/h6,8-11H,3-5,7,12-15H2,1-2H3,(H2,21,22,23). The largest absolute Gasteiger partial charge is 0.356 e. The van der Waals surface area contributed by atoms with Crippen LogP contribution < -0.4 is 10.6 Å². The summed E-state index contributed by atoms with van der Waals surface area (Å²) in [6, 6.07) is 6.32. The monoisotopic (exact) mass is 387 g/mol. The van der Waals surface area contributed by atoms with Gasteiger partial charge in [0.15, 0.2) is 5.96 Å². The van der Waals surface area contributed by atoms with Gasteiger partial charge in [-0.1, -0.05) is 23.8 Å². The maximum atomic E-state index is 11.9. The molecular weight excluding hydrogens is 358 g/mol. The summed E-state index contributed by atoms with van der Waals surface area (Å²) < 4.78 is 0. The van der Waals surface area contributed by atoms with Crippen LogP contribution in [0.3, 0.4) is 0 Å². The van der Waals surface area contributed by atoms with Gasteiger partial charge in [-0.15, -0.1) is 0 Å². The molecule has 8 heteroatoms. The minimum atomic E-state index is -0.422. The normalized spacial score (nSPS) is 14.2. The van der Waals surface area contributed by atoms with E-state index in [9.17, 15) is 14.9 Å². The first-order valence-electron chi connectivity index (χ1n) is 9.59. The van der Waals surface area contributed by atoms with Crippen molar-refractivity contribution in [1.29, 1.82) is 0 Å². The van der Waals surface area contributed by atoms with E-state index in [-0.39, 0.29) is 18.1 Å². The van der Waals surface area contributed by atoms with Gasteiger partial charge in [0.05, 0.1) is 18.0 Å². The Morgan fingerprint density at radius 2 is 1.96 bits per heavy atom. The first kappa shape index (κ1) is 21.4. The Labute approximate surface area is 165 Å². The Balaban J connectivity index is 1.94. The summed E-state index contributed by atoms with van der Waals surface area (Å²) in [6.45, 7) is 1.27. The van der Waals surface area contributed by atoms with Crippen molar-refractivity contribution in [3.05, 3.63) is 51.6 Å². The number of aliphatic imine (C=N–C) groups is 1. The maximum Gasteiger partial charge on any atom is 0.269 e. The van der Waals surface area contributed by atoms with Crippen LogP contribution in [0.2, 0.25) is 0 Å². The van der Waals surface area contributed by atoms with Crippen LogP contribution in [-0.2, 0) is 11.3 Å². The minimum absolute atomic E-state index is 0.0418. The lowest BCUT2D eigenvalue weighted by Gasteiger charge is -2.16. The molecule has 0 saturated heterocycles. The number of likely N-dealkylation sites (N-methyl/N-ethyl adjacent to an activating group) is 1. The summed E-state index contributed by atoms with van der Waals surface area (Å²) in [6.07, 6.45) is 8.12. The van der Waals surface area contributed by atoms with E-state index >= 15 is 0 Å². The lowest BCUT2D eigenvalue weighted by Crippen LogP contribution is -2.43. The maximum absolute atomic E-state index is 11.9. The van der Waals surface area contributed by atoms with Crippen molar-refractivity contribution in [2.24, 2.45) is 4.99 Å². The predicted octanol–water partition coefficient (Wildman–Crippen LogP) is 2.61. The average Bonchev–Trinajstić information content (AvgIpc) is 2.70. The van der Waals surface area contributed by atoms with Crippen LogP contribution in [0.25, 0.3) is 0 Å². The number of amides is 1. The van der Waals surface area contributed by atoms with Crippen molar-refractivity contribution in [3.8, 4) is 0 Å². The molecule has 28 heavy (non-hydrogen) atoms. The number of carbonyl (C=O) groups is 1. The molecule has 0 radical (unpaired) electrons. The van der Waals surface area contributed by atoms with Gasteiger partial charge >= 0.3 is 0 Å². The van der Waals surface area contributed by atoms with Gasteiger partial charge in [-0.2, -0.15) is 0 Å². The Bertz CT molecular complexity index is 726. The van der Waals surface area contributed by atoms with Gasteiger partial charge < -0.3 is 15.5 Å². The molecule has 8 nitrogen and oxygen atoms in total. The van der Waals surface area contributed by atoms with Crippen LogP contribution in [0.15, 0.2) is 40.9 Å². The van der Waals surface area contributed by atoms with E-state index in [1.807, 2.05) is 0 Å². The number of nitrogens with zero attached hydrogens (tertiary/aromatic N) is 3. The van der Waals surface area contributed by atoms with Crippen molar-refractivity contribution in [2.45, 2.75) is 38.6 Å². The highest BCUT2D eigenvalue weighted by atomic mass is 16.6. The molecule has 0 atom stereocenters. The average molecular weight is 387 g/mol. The third-order valence-corrected chi connectivity index (χ3v) is 4.60. The molecule has 0 fully saturated rings. The molecule has 1 aromatic carbocycles. The third-order valence-electron chi connectivity index (χ3n) is 4.60.